The summed E-state index contributed by atoms with van der Waals surface area (Å²) in [4.78, 5) is 16.3. The third-order valence-corrected chi connectivity index (χ3v) is 5.50. The summed E-state index contributed by atoms with van der Waals surface area (Å²) in [5.74, 6) is 1.04. The highest BCUT2D eigenvalue weighted by molar-refractivity contribution is 14.0. The Morgan fingerprint density at radius 1 is 1.24 bits per heavy atom. The molecule has 0 spiro atoms. The van der Waals surface area contributed by atoms with E-state index >= 15 is 0 Å². The van der Waals surface area contributed by atoms with Gasteiger partial charge in [0.05, 0.1) is 6.26 Å². The van der Waals surface area contributed by atoms with Crippen molar-refractivity contribution in [3.63, 3.8) is 0 Å². The van der Waals surface area contributed by atoms with Gasteiger partial charge in [-0.05, 0) is 51.0 Å². The van der Waals surface area contributed by atoms with Gasteiger partial charge in [0.1, 0.15) is 0 Å². The number of guanidine groups is 1. The summed E-state index contributed by atoms with van der Waals surface area (Å²) in [5.41, 5.74) is 1.17. The Bertz CT molecular complexity index is 627. The van der Waals surface area contributed by atoms with Gasteiger partial charge in [0.2, 0.25) is 0 Å². The van der Waals surface area contributed by atoms with Gasteiger partial charge in [0.15, 0.2) is 11.7 Å². The molecule has 0 bridgehead atoms. The molecule has 1 aromatic heterocycles. The van der Waals surface area contributed by atoms with Crippen molar-refractivity contribution in [1.82, 2.24) is 16.0 Å². The van der Waals surface area contributed by atoms with Crippen molar-refractivity contribution in [3.8, 4) is 0 Å². The van der Waals surface area contributed by atoms with Gasteiger partial charge in [0.25, 0.3) is 5.91 Å². The number of hydrogen-bond donors (Lipinski definition) is 3. The van der Waals surface area contributed by atoms with Crippen LogP contribution in [0.25, 0.3) is 0 Å². The average Bonchev–Trinajstić information content (AvgIpc) is 3.33. The first-order valence-electron chi connectivity index (χ1n) is 10.4. The first kappa shape index (κ1) is 25.7. The monoisotopic (exact) mass is 520 g/mol. The molecule has 1 amide bonds. The number of aliphatic imine (C=N–C) groups is 1. The van der Waals surface area contributed by atoms with E-state index in [-0.39, 0.29) is 29.9 Å². The minimum Gasteiger partial charge on any atom is -0.459 e. The second-order valence-electron chi connectivity index (χ2n) is 7.55. The van der Waals surface area contributed by atoms with Crippen LogP contribution in [0.4, 0.5) is 0 Å². The highest BCUT2D eigenvalue weighted by atomic mass is 127. The zero-order valence-corrected chi connectivity index (χ0v) is 20.3. The molecule has 1 fully saturated rings. The lowest BCUT2D eigenvalue weighted by atomic mass is 9.83. The summed E-state index contributed by atoms with van der Waals surface area (Å²) in [6.07, 6.45) is 8.55. The maximum absolute atomic E-state index is 12.0. The molecule has 1 saturated carbocycles. The van der Waals surface area contributed by atoms with Crippen LogP contribution in [0, 0.1) is 12.3 Å². The molecule has 2 rings (SSSR count). The Balaban J connectivity index is 0.00000420. The summed E-state index contributed by atoms with van der Waals surface area (Å²) in [5, 5.41) is 9.70. The van der Waals surface area contributed by atoms with Crippen LogP contribution in [0.15, 0.2) is 21.7 Å². The van der Waals surface area contributed by atoms with Crippen molar-refractivity contribution in [1.29, 1.82) is 0 Å². The number of carbonyl (C=O) groups excluding carboxylic acids is 1. The van der Waals surface area contributed by atoms with Crippen LogP contribution < -0.4 is 16.0 Å². The van der Waals surface area contributed by atoms with E-state index in [0.29, 0.717) is 17.7 Å². The number of amides is 1. The Morgan fingerprint density at radius 2 is 1.97 bits per heavy atom. The van der Waals surface area contributed by atoms with Gasteiger partial charge in [0, 0.05) is 45.5 Å². The fourth-order valence-corrected chi connectivity index (χ4v) is 3.75. The smallest absolute Gasteiger partial charge is 0.287 e. The number of furan rings is 1. The first-order valence-corrected chi connectivity index (χ1v) is 10.4. The van der Waals surface area contributed by atoms with Crippen molar-refractivity contribution in [2.75, 3.05) is 39.9 Å². The largest absolute Gasteiger partial charge is 0.459 e. The van der Waals surface area contributed by atoms with Gasteiger partial charge in [-0.15, -0.1) is 24.0 Å². The Labute approximate surface area is 191 Å². The van der Waals surface area contributed by atoms with Crippen molar-refractivity contribution in [2.24, 2.45) is 10.4 Å². The number of ether oxygens (including phenoxy) is 1. The van der Waals surface area contributed by atoms with E-state index in [1.807, 2.05) is 13.8 Å². The highest BCUT2D eigenvalue weighted by Crippen LogP contribution is 2.40. The quantitative estimate of drug-likeness (QED) is 0.180. The molecule has 1 aromatic rings. The van der Waals surface area contributed by atoms with E-state index in [1.54, 1.807) is 13.1 Å². The van der Waals surface area contributed by atoms with Gasteiger partial charge in [-0.25, -0.2) is 0 Å². The zero-order chi connectivity index (χ0) is 20.2. The summed E-state index contributed by atoms with van der Waals surface area (Å²) < 4.78 is 10.8. The predicted molar refractivity (Wildman–Crippen MR) is 127 cm³/mol. The molecule has 0 unspecified atom stereocenters. The van der Waals surface area contributed by atoms with Gasteiger partial charge in [-0.3, -0.25) is 9.79 Å². The molecule has 166 valence electrons. The normalized spacial score (nSPS) is 15.6. The second-order valence-corrected chi connectivity index (χ2v) is 7.55. The van der Waals surface area contributed by atoms with Gasteiger partial charge in [-0.2, -0.15) is 0 Å². The third kappa shape index (κ3) is 8.54. The molecular formula is C21H37IN4O3. The summed E-state index contributed by atoms with van der Waals surface area (Å²) >= 11 is 0. The number of hydrogen-bond acceptors (Lipinski definition) is 4. The number of rotatable bonds is 11. The summed E-state index contributed by atoms with van der Waals surface area (Å²) in [6.45, 7) is 7.77. The topological polar surface area (TPSA) is 87.9 Å². The lowest BCUT2D eigenvalue weighted by molar-refractivity contribution is 0.0924. The summed E-state index contributed by atoms with van der Waals surface area (Å²) in [6, 6.07) is 1.79. The number of halogens is 1. The van der Waals surface area contributed by atoms with Gasteiger partial charge in [-0.1, -0.05) is 12.8 Å². The van der Waals surface area contributed by atoms with E-state index < -0.39 is 0 Å². The molecule has 29 heavy (non-hydrogen) atoms. The molecule has 0 saturated heterocycles. The van der Waals surface area contributed by atoms with E-state index in [4.69, 9.17) is 9.15 Å². The highest BCUT2D eigenvalue weighted by Gasteiger charge is 2.33. The van der Waals surface area contributed by atoms with Crippen LogP contribution in [0.5, 0.6) is 0 Å². The molecule has 1 heterocycles. The van der Waals surface area contributed by atoms with E-state index in [1.165, 1.54) is 31.9 Å². The van der Waals surface area contributed by atoms with Gasteiger partial charge >= 0.3 is 0 Å². The molecular weight excluding hydrogens is 483 g/mol. The van der Waals surface area contributed by atoms with Crippen molar-refractivity contribution < 1.29 is 13.9 Å². The SMILES string of the molecule is CCOCCC1(CNC(=NC)NCCCNC(=O)c2occc2C)CCCC1.I. The molecule has 1 aliphatic carbocycles. The van der Waals surface area contributed by atoms with E-state index in [0.717, 1.165) is 50.7 Å². The molecule has 0 atom stereocenters. The van der Waals surface area contributed by atoms with Crippen LogP contribution in [0.3, 0.4) is 0 Å². The Kier molecular flexibility index (Phi) is 12.3. The lowest BCUT2D eigenvalue weighted by Crippen LogP contribution is -2.44. The second kappa shape index (κ2) is 13.8. The van der Waals surface area contributed by atoms with Crippen LogP contribution in [0.1, 0.15) is 61.6 Å². The Morgan fingerprint density at radius 3 is 2.59 bits per heavy atom. The predicted octanol–water partition coefficient (Wildman–Crippen LogP) is 3.48. The third-order valence-electron chi connectivity index (χ3n) is 5.50. The minimum absolute atomic E-state index is 0. The molecule has 1 aliphatic rings. The molecule has 8 heteroatoms. The van der Waals surface area contributed by atoms with E-state index in [2.05, 4.69) is 20.9 Å². The van der Waals surface area contributed by atoms with Crippen molar-refractivity contribution >= 4 is 35.8 Å². The molecule has 0 radical (unpaired) electrons. The average molecular weight is 520 g/mol. The molecule has 3 N–H and O–H groups in total. The minimum atomic E-state index is -0.164. The number of nitrogens with one attached hydrogen (secondary N) is 3. The van der Waals surface area contributed by atoms with Crippen molar-refractivity contribution in [3.05, 3.63) is 23.7 Å². The first-order chi connectivity index (χ1) is 13.6. The Hall–Kier alpha value is -1.29. The number of carbonyl (C=O) groups is 1. The molecule has 0 aromatic carbocycles. The lowest BCUT2D eigenvalue weighted by Gasteiger charge is -2.30. The van der Waals surface area contributed by atoms with Gasteiger partial charge < -0.3 is 25.1 Å². The molecule has 7 nitrogen and oxygen atoms in total. The fourth-order valence-electron chi connectivity index (χ4n) is 3.75. The maximum Gasteiger partial charge on any atom is 0.287 e. The summed E-state index contributed by atoms with van der Waals surface area (Å²) in [7, 11) is 1.79. The van der Waals surface area contributed by atoms with Crippen LogP contribution in [0.2, 0.25) is 0 Å². The van der Waals surface area contributed by atoms with Crippen LogP contribution >= 0.6 is 24.0 Å². The standard InChI is InChI=1S/C21H36N4O3.HI/c1-4-27-15-11-21(9-5-6-10-21)16-25-20(22-3)24-13-7-12-23-19(26)18-17(2)8-14-28-18;/h8,14H,4-7,9-13,15-16H2,1-3H3,(H,23,26)(H2,22,24,25);1H. The zero-order valence-electron chi connectivity index (χ0n) is 18.0. The van der Waals surface area contributed by atoms with Crippen LogP contribution in [-0.2, 0) is 4.74 Å². The van der Waals surface area contributed by atoms with E-state index in [9.17, 15) is 4.79 Å². The number of aryl methyl sites for hydroxylation is 1. The molecule has 0 aliphatic heterocycles. The maximum atomic E-state index is 12.0. The fraction of sp³-hybridized carbons (Fsp3) is 0.714. The van der Waals surface area contributed by atoms with Crippen LogP contribution in [-0.4, -0.2) is 51.8 Å². The number of nitrogens with zero attached hydrogens (tertiary/aromatic N) is 1. The van der Waals surface area contributed by atoms with Crippen molar-refractivity contribution in [2.45, 2.75) is 52.4 Å².